The lowest BCUT2D eigenvalue weighted by Gasteiger charge is -2.38. The van der Waals surface area contributed by atoms with Gasteiger partial charge in [-0.1, -0.05) is 31.2 Å². The number of benzene rings is 1. The highest BCUT2D eigenvalue weighted by atomic mass is 16.2. The van der Waals surface area contributed by atoms with Crippen LogP contribution in [0.3, 0.4) is 0 Å². The first-order chi connectivity index (χ1) is 12.0. The molecule has 2 aliphatic heterocycles. The van der Waals surface area contributed by atoms with Crippen molar-refractivity contribution >= 4 is 17.8 Å². The zero-order chi connectivity index (χ0) is 18.0. The van der Waals surface area contributed by atoms with Gasteiger partial charge in [-0.15, -0.1) is 0 Å². The molecule has 0 saturated carbocycles. The topological polar surface area (TPSA) is 60.9 Å². The smallest absolute Gasteiger partial charge is 0.327 e. The molecule has 0 aliphatic carbocycles. The zero-order valence-electron chi connectivity index (χ0n) is 14.9. The van der Waals surface area contributed by atoms with Gasteiger partial charge in [0.05, 0.1) is 0 Å². The molecule has 0 spiro atoms. The van der Waals surface area contributed by atoms with Crippen LogP contribution in [0, 0.1) is 0 Å². The van der Waals surface area contributed by atoms with Crippen molar-refractivity contribution in [2.75, 3.05) is 19.6 Å². The number of carbonyl (C=O) groups excluding carboxylic acids is 3. The van der Waals surface area contributed by atoms with Crippen LogP contribution < -0.4 is 0 Å². The quantitative estimate of drug-likeness (QED) is 0.840. The fraction of sp³-hybridized carbons (Fsp3) is 0.526. The summed E-state index contributed by atoms with van der Waals surface area (Å²) in [6, 6.07) is 7.81. The second-order valence-corrected chi connectivity index (χ2v) is 6.80. The average molecular weight is 343 g/mol. The molecule has 1 aromatic rings. The Labute approximate surface area is 148 Å². The van der Waals surface area contributed by atoms with Crippen molar-refractivity contribution in [2.45, 2.75) is 45.7 Å². The lowest BCUT2D eigenvalue weighted by Crippen LogP contribution is -2.57. The largest absolute Gasteiger partial charge is 0.336 e. The van der Waals surface area contributed by atoms with E-state index >= 15 is 0 Å². The van der Waals surface area contributed by atoms with Gasteiger partial charge in [0.15, 0.2) is 0 Å². The third kappa shape index (κ3) is 3.52. The summed E-state index contributed by atoms with van der Waals surface area (Å²) in [5.41, 5.74) is 2.40. The summed E-state index contributed by atoms with van der Waals surface area (Å²) in [6.07, 6.45) is 1.92. The predicted molar refractivity (Wildman–Crippen MR) is 93.7 cm³/mol. The average Bonchev–Trinajstić information content (AvgIpc) is 2.64. The van der Waals surface area contributed by atoms with Crippen molar-refractivity contribution in [1.29, 1.82) is 0 Å². The summed E-state index contributed by atoms with van der Waals surface area (Å²) < 4.78 is 0. The molecule has 1 aromatic carbocycles. The third-order valence-corrected chi connectivity index (χ3v) is 5.24. The summed E-state index contributed by atoms with van der Waals surface area (Å²) >= 11 is 0. The van der Waals surface area contributed by atoms with Gasteiger partial charge in [0.25, 0.3) is 0 Å². The van der Waals surface area contributed by atoms with E-state index in [-0.39, 0.29) is 36.9 Å². The van der Waals surface area contributed by atoms with Crippen molar-refractivity contribution in [3.63, 3.8) is 0 Å². The molecule has 4 amide bonds. The molecule has 1 saturated heterocycles. The van der Waals surface area contributed by atoms with Crippen LogP contribution in [0.2, 0.25) is 0 Å². The number of rotatable bonds is 4. The van der Waals surface area contributed by atoms with E-state index in [1.54, 1.807) is 9.80 Å². The molecule has 2 heterocycles. The normalized spacial score (nSPS) is 19.0. The number of hydrogen-bond acceptors (Lipinski definition) is 3. The van der Waals surface area contributed by atoms with Crippen molar-refractivity contribution in [1.82, 2.24) is 14.7 Å². The highest BCUT2D eigenvalue weighted by molar-refractivity contribution is 6.00. The molecule has 0 N–H and O–H groups in total. The molecule has 6 nitrogen and oxygen atoms in total. The molecule has 6 heteroatoms. The van der Waals surface area contributed by atoms with Crippen molar-refractivity contribution < 1.29 is 14.4 Å². The third-order valence-electron chi connectivity index (χ3n) is 5.24. The van der Waals surface area contributed by atoms with E-state index in [2.05, 4.69) is 6.07 Å². The Balaban J connectivity index is 1.67. The number of amides is 4. The number of urea groups is 1. The van der Waals surface area contributed by atoms with Gasteiger partial charge in [0, 0.05) is 32.1 Å². The standard InChI is InChI=1S/C19H25N3O3/c1-3-14(2)21-11-9-17(23)22(19(21)25)13-18(24)20-10-8-15-6-4-5-7-16(15)12-20/h4-7,14H,3,8-13H2,1-2H3. The van der Waals surface area contributed by atoms with Crippen LogP contribution in [0.1, 0.15) is 37.8 Å². The maximum atomic E-state index is 12.7. The first-order valence-corrected chi connectivity index (χ1v) is 8.96. The highest BCUT2D eigenvalue weighted by Gasteiger charge is 2.36. The van der Waals surface area contributed by atoms with E-state index in [0.717, 1.165) is 23.3 Å². The van der Waals surface area contributed by atoms with Crippen LogP contribution in [-0.4, -0.2) is 58.2 Å². The van der Waals surface area contributed by atoms with Gasteiger partial charge in [-0.05, 0) is 30.9 Å². The van der Waals surface area contributed by atoms with Gasteiger partial charge in [-0.25, -0.2) is 4.79 Å². The summed E-state index contributed by atoms with van der Waals surface area (Å²) in [5, 5.41) is 0. The fourth-order valence-electron chi connectivity index (χ4n) is 3.44. The monoisotopic (exact) mass is 343 g/mol. The van der Waals surface area contributed by atoms with Gasteiger partial charge < -0.3 is 9.80 Å². The van der Waals surface area contributed by atoms with E-state index in [9.17, 15) is 14.4 Å². The van der Waals surface area contributed by atoms with Gasteiger partial charge >= 0.3 is 6.03 Å². The van der Waals surface area contributed by atoms with E-state index in [1.807, 2.05) is 32.0 Å². The minimum Gasteiger partial charge on any atom is -0.336 e. The van der Waals surface area contributed by atoms with Crippen LogP contribution in [-0.2, 0) is 22.6 Å². The summed E-state index contributed by atoms with van der Waals surface area (Å²) in [5.74, 6) is -0.419. The molecule has 0 aromatic heterocycles. The Hall–Kier alpha value is -2.37. The first kappa shape index (κ1) is 17.5. The van der Waals surface area contributed by atoms with Gasteiger partial charge in [-0.2, -0.15) is 0 Å². The van der Waals surface area contributed by atoms with E-state index in [1.165, 1.54) is 5.56 Å². The van der Waals surface area contributed by atoms with Crippen LogP contribution in [0.25, 0.3) is 0 Å². The van der Waals surface area contributed by atoms with Crippen LogP contribution >= 0.6 is 0 Å². The maximum absolute atomic E-state index is 12.7. The Kier molecular flexibility index (Phi) is 5.06. The van der Waals surface area contributed by atoms with Gasteiger partial charge in [0.1, 0.15) is 6.54 Å². The second-order valence-electron chi connectivity index (χ2n) is 6.80. The van der Waals surface area contributed by atoms with Crippen LogP contribution in [0.5, 0.6) is 0 Å². The molecule has 25 heavy (non-hydrogen) atoms. The molecule has 134 valence electrons. The summed E-state index contributed by atoms with van der Waals surface area (Å²) in [7, 11) is 0. The second kappa shape index (κ2) is 7.25. The SMILES string of the molecule is CCC(C)N1CCC(=O)N(CC(=O)N2CCc3ccccc3C2)C1=O. The van der Waals surface area contributed by atoms with Crippen molar-refractivity contribution in [3.05, 3.63) is 35.4 Å². The fourth-order valence-corrected chi connectivity index (χ4v) is 3.44. The van der Waals surface area contributed by atoms with E-state index in [4.69, 9.17) is 0 Å². The molecular weight excluding hydrogens is 318 g/mol. The van der Waals surface area contributed by atoms with Crippen LogP contribution in [0.4, 0.5) is 4.79 Å². The van der Waals surface area contributed by atoms with Gasteiger partial charge in [0.2, 0.25) is 11.8 Å². The van der Waals surface area contributed by atoms with E-state index < -0.39 is 0 Å². The van der Waals surface area contributed by atoms with Crippen molar-refractivity contribution in [2.24, 2.45) is 0 Å². The maximum Gasteiger partial charge on any atom is 0.327 e. The Morgan fingerprint density at radius 1 is 1.12 bits per heavy atom. The number of carbonyl (C=O) groups is 3. The molecular formula is C19H25N3O3. The molecule has 2 aliphatic rings. The Morgan fingerprint density at radius 3 is 2.56 bits per heavy atom. The summed E-state index contributed by atoms with van der Waals surface area (Å²) in [6.45, 7) is 5.42. The molecule has 0 bridgehead atoms. The number of nitrogens with zero attached hydrogens (tertiary/aromatic N) is 3. The van der Waals surface area contributed by atoms with Crippen molar-refractivity contribution in [3.8, 4) is 0 Å². The predicted octanol–water partition coefficient (Wildman–Crippen LogP) is 2.02. The highest BCUT2D eigenvalue weighted by Crippen LogP contribution is 2.20. The minimum absolute atomic E-state index is 0.0695. The molecule has 3 rings (SSSR count). The number of hydrogen-bond donors (Lipinski definition) is 0. The molecule has 0 radical (unpaired) electrons. The summed E-state index contributed by atoms with van der Waals surface area (Å²) in [4.78, 5) is 42.0. The lowest BCUT2D eigenvalue weighted by molar-refractivity contribution is -0.140. The van der Waals surface area contributed by atoms with Gasteiger partial charge in [-0.3, -0.25) is 14.5 Å². The number of imide groups is 1. The first-order valence-electron chi connectivity index (χ1n) is 8.96. The molecule has 1 fully saturated rings. The Bertz CT molecular complexity index is 688. The molecule has 1 atom stereocenters. The molecule has 1 unspecified atom stereocenters. The van der Waals surface area contributed by atoms with Crippen LogP contribution in [0.15, 0.2) is 24.3 Å². The number of fused-ring (bicyclic) bond motifs is 1. The Morgan fingerprint density at radius 2 is 1.84 bits per heavy atom. The van der Waals surface area contributed by atoms with E-state index in [0.29, 0.717) is 19.6 Å². The minimum atomic E-state index is -0.337. The lowest BCUT2D eigenvalue weighted by atomic mass is 10.00. The zero-order valence-corrected chi connectivity index (χ0v) is 14.9.